The molecule has 1 saturated heterocycles. The summed E-state index contributed by atoms with van der Waals surface area (Å²) in [5.74, 6) is 0.398. The van der Waals surface area contributed by atoms with Crippen molar-refractivity contribution in [3.05, 3.63) is 63.6 Å². The molecule has 1 heterocycles. The molecule has 1 fully saturated rings. The van der Waals surface area contributed by atoms with Gasteiger partial charge in [-0.1, -0.05) is 53.0 Å². The molecule has 2 amide bonds. The second-order valence-electron chi connectivity index (χ2n) is 5.90. The Bertz CT molecular complexity index is 715. The van der Waals surface area contributed by atoms with Crippen LogP contribution in [0.2, 0.25) is 10.0 Å². The van der Waals surface area contributed by atoms with E-state index in [0.717, 1.165) is 19.5 Å². The Morgan fingerprint density at radius 3 is 2.57 bits per heavy atom. The second kappa shape index (κ2) is 6.81. The smallest absolute Gasteiger partial charge is 0.321 e. The molecule has 0 unspecified atom stereocenters. The second-order valence-corrected chi connectivity index (χ2v) is 6.72. The molecule has 0 bridgehead atoms. The van der Waals surface area contributed by atoms with E-state index >= 15 is 0 Å². The summed E-state index contributed by atoms with van der Waals surface area (Å²) in [6.07, 6.45) is 0.984. The zero-order chi connectivity index (χ0) is 16.4. The largest absolute Gasteiger partial charge is 0.324 e. The van der Waals surface area contributed by atoms with Crippen molar-refractivity contribution in [2.45, 2.75) is 19.3 Å². The molecule has 2 aromatic rings. The number of nitrogens with one attached hydrogen (secondary N) is 1. The third kappa shape index (κ3) is 3.80. The van der Waals surface area contributed by atoms with Gasteiger partial charge in [-0.05, 0) is 37.1 Å². The van der Waals surface area contributed by atoms with Gasteiger partial charge in [-0.15, -0.1) is 0 Å². The normalized spacial score (nSPS) is 17.3. The Labute approximate surface area is 146 Å². The number of amides is 2. The van der Waals surface area contributed by atoms with Crippen LogP contribution in [0, 0.1) is 6.92 Å². The van der Waals surface area contributed by atoms with Crippen molar-refractivity contribution in [1.29, 1.82) is 0 Å². The molecule has 1 atom stereocenters. The van der Waals surface area contributed by atoms with Crippen LogP contribution in [-0.2, 0) is 0 Å². The summed E-state index contributed by atoms with van der Waals surface area (Å²) in [5, 5.41) is 3.79. The number of nitrogens with zero attached hydrogens (tertiary/aromatic N) is 1. The van der Waals surface area contributed by atoms with Crippen molar-refractivity contribution in [2.75, 3.05) is 18.4 Å². The van der Waals surface area contributed by atoms with E-state index in [1.807, 2.05) is 4.90 Å². The van der Waals surface area contributed by atoms with Crippen LogP contribution in [0.4, 0.5) is 10.5 Å². The maximum absolute atomic E-state index is 12.4. The topological polar surface area (TPSA) is 32.3 Å². The number of hydrogen-bond donors (Lipinski definition) is 1. The minimum atomic E-state index is -0.0991. The van der Waals surface area contributed by atoms with E-state index in [2.05, 4.69) is 36.5 Å². The molecule has 0 saturated carbocycles. The van der Waals surface area contributed by atoms with Gasteiger partial charge >= 0.3 is 6.03 Å². The van der Waals surface area contributed by atoms with Crippen LogP contribution in [0.15, 0.2) is 42.5 Å². The monoisotopic (exact) mass is 348 g/mol. The number of benzene rings is 2. The predicted octanol–water partition coefficient (Wildman–Crippen LogP) is 5.32. The Balaban J connectivity index is 1.63. The fourth-order valence-corrected chi connectivity index (χ4v) is 3.13. The van der Waals surface area contributed by atoms with Crippen molar-refractivity contribution in [1.82, 2.24) is 4.90 Å². The fraction of sp³-hybridized carbons (Fsp3) is 0.278. The van der Waals surface area contributed by atoms with Crippen LogP contribution in [0.5, 0.6) is 0 Å². The molecule has 1 aliphatic heterocycles. The minimum absolute atomic E-state index is 0.0991. The number of rotatable bonds is 2. The van der Waals surface area contributed by atoms with Gasteiger partial charge in [0.05, 0.1) is 10.0 Å². The summed E-state index contributed by atoms with van der Waals surface area (Å²) in [5.41, 5.74) is 3.20. The molecule has 1 N–H and O–H groups in total. The van der Waals surface area contributed by atoms with E-state index in [-0.39, 0.29) is 6.03 Å². The summed E-state index contributed by atoms with van der Waals surface area (Å²) in [7, 11) is 0. The highest BCUT2D eigenvalue weighted by atomic mass is 35.5. The van der Waals surface area contributed by atoms with Gasteiger partial charge in [0, 0.05) is 24.7 Å². The summed E-state index contributed by atoms with van der Waals surface area (Å²) >= 11 is 11.9. The SMILES string of the molecule is Cc1ccc([C@H]2CCN(C(=O)Nc3ccc(Cl)c(Cl)c3)C2)cc1. The van der Waals surface area contributed by atoms with Crippen LogP contribution in [0.3, 0.4) is 0 Å². The first kappa shape index (κ1) is 16.2. The molecule has 1 aliphatic rings. The molecule has 3 rings (SSSR count). The molecular weight excluding hydrogens is 331 g/mol. The van der Waals surface area contributed by atoms with Crippen LogP contribution in [-0.4, -0.2) is 24.0 Å². The van der Waals surface area contributed by atoms with Crippen molar-refractivity contribution >= 4 is 34.9 Å². The maximum atomic E-state index is 12.4. The van der Waals surface area contributed by atoms with Gasteiger partial charge in [-0.25, -0.2) is 4.79 Å². The van der Waals surface area contributed by atoms with E-state index in [4.69, 9.17) is 23.2 Å². The van der Waals surface area contributed by atoms with Crippen LogP contribution >= 0.6 is 23.2 Å². The van der Waals surface area contributed by atoms with Crippen LogP contribution in [0.1, 0.15) is 23.5 Å². The molecule has 23 heavy (non-hydrogen) atoms. The zero-order valence-electron chi connectivity index (χ0n) is 12.9. The summed E-state index contributed by atoms with van der Waals surface area (Å²) in [6.45, 7) is 3.57. The molecular formula is C18H18Cl2N2O. The van der Waals surface area contributed by atoms with E-state index < -0.39 is 0 Å². The first-order valence-corrected chi connectivity index (χ1v) is 8.36. The molecule has 0 aromatic heterocycles. The van der Waals surface area contributed by atoms with E-state index in [9.17, 15) is 4.79 Å². The Kier molecular flexibility index (Phi) is 4.79. The highest BCUT2D eigenvalue weighted by Crippen LogP contribution is 2.29. The molecule has 120 valence electrons. The van der Waals surface area contributed by atoms with Gasteiger partial charge in [-0.2, -0.15) is 0 Å². The number of carbonyl (C=O) groups is 1. The standard InChI is InChI=1S/C18H18Cl2N2O/c1-12-2-4-13(5-3-12)14-8-9-22(11-14)18(23)21-15-6-7-16(19)17(20)10-15/h2-7,10,14H,8-9,11H2,1H3,(H,21,23)/t14-/m0/s1. The molecule has 0 spiro atoms. The highest BCUT2D eigenvalue weighted by molar-refractivity contribution is 6.42. The lowest BCUT2D eigenvalue weighted by molar-refractivity contribution is 0.222. The van der Waals surface area contributed by atoms with Gasteiger partial charge in [0.2, 0.25) is 0 Å². The average molecular weight is 349 g/mol. The predicted molar refractivity (Wildman–Crippen MR) is 95.6 cm³/mol. The molecule has 3 nitrogen and oxygen atoms in total. The number of urea groups is 1. The van der Waals surface area contributed by atoms with Gasteiger partial charge in [0.25, 0.3) is 0 Å². The lowest BCUT2D eigenvalue weighted by Gasteiger charge is -2.18. The molecule has 0 aliphatic carbocycles. The summed E-state index contributed by atoms with van der Waals surface area (Å²) in [4.78, 5) is 14.2. The first-order chi connectivity index (χ1) is 11.0. The van der Waals surface area contributed by atoms with Crippen LogP contribution < -0.4 is 5.32 Å². The quantitative estimate of drug-likeness (QED) is 0.782. The van der Waals surface area contributed by atoms with Crippen LogP contribution in [0.25, 0.3) is 0 Å². The van der Waals surface area contributed by atoms with Gasteiger partial charge in [0.15, 0.2) is 0 Å². The lowest BCUT2D eigenvalue weighted by atomic mass is 9.98. The van der Waals surface area contributed by atoms with E-state index in [1.165, 1.54) is 11.1 Å². The Morgan fingerprint density at radius 2 is 1.87 bits per heavy atom. The molecule has 0 radical (unpaired) electrons. The Hall–Kier alpha value is -1.71. The third-order valence-corrected chi connectivity index (χ3v) is 4.93. The van der Waals surface area contributed by atoms with Gasteiger partial charge < -0.3 is 10.2 Å². The number of halogens is 2. The van der Waals surface area contributed by atoms with Crippen molar-refractivity contribution in [3.63, 3.8) is 0 Å². The third-order valence-electron chi connectivity index (χ3n) is 4.20. The van der Waals surface area contributed by atoms with E-state index in [1.54, 1.807) is 18.2 Å². The number of anilines is 1. The van der Waals surface area contributed by atoms with Gasteiger partial charge in [0.1, 0.15) is 0 Å². The number of carbonyl (C=O) groups excluding carboxylic acids is 1. The Morgan fingerprint density at radius 1 is 1.13 bits per heavy atom. The van der Waals surface area contributed by atoms with Crippen molar-refractivity contribution in [3.8, 4) is 0 Å². The number of aryl methyl sites for hydroxylation is 1. The highest BCUT2D eigenvalue weighted by Gasteiger charge is 2.27. The van der Waals surface area contributed by atoms with Gasteiger partial charge in [-0.3, -0.25) is 0 Å². The zero-order valence-corrected chi connectivity index (χ0v) is 14.4. The summed E-state index contributed by atoms with van der Waals surface area (Å²) < 4.78 is 0. The lowest BCUT2D eigenvalue weighted by Crippen LogP contribution is -2.32. The first-order valence-electron chi connectivity index (χ1n) is 7.60. The van der Waals surface area contributed by atoms with E-state index in [0.29, 0.717) is 21.7 Å². The summed E-state index contributed by atoms with van der Waals surface area (Å²) in [6, 6.07) is 13.5. The molecule has 5 heteroatoms. The fourth-order valence-electron chi connectivity index (χ4n) is 2.83. The van der Waals surface area contributed by atoms with Crippen molar-refractivity contribution in [2.24, 2.45) is 0 Å². The number of likely N-dealkylation sites (tertiary alicyclic amines) is 1. The average Bonchev–Trinajstić information content (AvgIpc) is 3.02. The number of hydrogen-bond acceptors (Lipinski definition) is 1. The molecule has 2 aromatic carbocycles. The minimum Gasteiger partial charge on any atom is -0.324 e. The maximum Gasteiger partial charge on any atom is 0.321 e. The van der Waals surface area contributed by atoms with Crippen molar-refractivity contribution < 1.29 is 4.79 Å².